The predicted molar refractivity (Wildman–Crippen MR) is 113 cm³/mol. The zero-order chi connectivity index (χ0) is 16.9. The molecule has 6 heteroatoms. The van der Waals surface area contributed by atoms with Crippen molar-refractivity contribution in [2.24, 2.45) is 4.99 Å². The Morgan fingerprint density at radius 1 is 1.12 bits per heavy atom. The van der Waals surface area contributed by atoms with Crippen molar-refractivity contribution >= 4 is 29.9 Å². The maximum Gasteiger partial charge on any atom is 0.190 e. The third-order valence-corrected chi connectivity index (χ3v) is 3.55. The van der Waals surface area contributed by atoms with Gasteiger partial charge in [-0.2, -0.15) is 0 Å². The minimum atomic E-state index is 0. The summed E-state index contributed by atoms with van der Waals surface area (Å²) in [6, 6.07) is 10.3. The van der Waals surface area contributed by atoms with Gasteiger partial charge in [0.1, 0.15) is 0 Å². The highest BCUT2D eigenvalue weighted by Crippen LogP contribution is 2.15. The van der Waals surface area contributed by atoms with Crippen molar-refractivity contribution in [1.82, 2.24) is 15.5 Å². The van der Waals surface area contributed by atoms with Gasteiger partial charge in [-0.15, -0.1) is 24.0 Å². The Morgan fingerprint density at radius 2 is 1.75 bits per heavy atom. The summed E-state index contributed by atoms with van der Waals surface area (Å²) in [6.07, 6.45) is 2.20. The molecule has 0 fully saturated rings. The van der Waals surface area contributed by atoms with Crippen LogP contribution in [0.15, 0.2) is 35.3 Å². The molecule has 1 rings (SSSR count). The van der Waals surface area contributed by atoms with Crippen molar-refractivity contribution in [1.29, 1.82) is 0 Å². The van der Waals surface area contributed by atoms with Crippen LogP contribution in [0.5, 0.6) is 0 Å². The van der Waals surface area contributed by atoms with E-state index < -0.39 is 0 Å². The normalized spacial score (nSPS) is 12.6. The fraction of sp³-hybridized carbons (Fsp3) is 0.611. The van der Waals surface area contributed by atoms with Crippen LogP contribution in [0.4, 0.5) is 0 Å². The van der Waals surface area contributed by atoms with Gasteiger partial charge in [0, 0.05) is 26.7 Å². The summed E-state index contributed by atoms with van der Waals surface area (Å²) >= 11 is 0. The Morgan fingerprint density at radius 3 is 2.33 bits per heavy atom. The first kappa shape index (κ1) is 23.1. The van der Waals surface area contributed by atoms with E-state index in [-0.39, 0.29) is 30.1 Å². The number of halogens is 1. The number of nitrogens with one attached hydrogen (secondary N) is 2. The number of nitrogens with zero attached hydrogens (tertiary/aromatic N) is 2. The van der Waals surface area contributed by atoms with E-state index in [1.54, 1.807) is 7.05 Å². The molecular weight excluding hydrogens is 415 g/mol. The quantitative estimate of drug-likeness (QED) is 0.250. The topological polar surface area (TPSA) is 48.9 Å². The zero-order valence-corrected chi connectivity index (χ0v) is 17.7. The van der Waals surface area contributed by atoms with Gasteiger partial charge in [-0.3, -0.25) is 4.99 Å². The molecular formula is C18H33IN4O. The van der Waals surface area contributed by atoms with Crippen molar-refractivity contribution < 1.29 is 4.74 Å². The molecule has 1 aromatic carbocycles. The Balaban J connectivity index is 0.00000529. The molecule has 0 heterocycles. The molecule has 0 saturated carbocycles. The zero-order valence-electron chi connectivity index (χ0n) is 15.4. The van der Waals surface area contributed by atoms with Gasteiger partial charge < -0.3 is 20.3 Å². The van der Waals surface area contributed by atoms with Crippen LogP contribution in [0.2, 0.25) is 0 Å². The molecule has 138 valence electrons. The number of benzene rings is 1. The Labute approximate surface area is 164 Å². The molecule has 1 unspecified atom stereocenters. The first-order valence-corrected chi connectivity index (χ1v) is 8.39. The summed E-state index contributed by atoms with van der Waals surface area (Å²) in [5, 5.41) is 6.64. The Kier molecular flexibility index (Phi) is 14.0. The molecule has 0 radical (unpaired) electrons. The summed E-state index contributed by atoms with van der Waals surface area (Å²) in [7, 11) is 5.97. The molecule has 0 bridgehead atoms. The Bertz CT molecular complexity index is 440. The van der Waals surface area contributed by atoms with Gasteiger partial charge in [-0.25, -0.2) is 0 Å². The highest BCUT2D eigenvalue weighted by atomic mass is 127. The van der Waals surface area contributed by atoms with E-state index in [1.165, 1.54) is 5.56 Å². The molecule has 1 atom stereocenters. The van der Waals surface area contributed by atoms with Crippen LogP contribution >= 0.6 is 24.0 Å². The molecule has 1 aromatic rings. The van der Waals surface area contributed by atoms with E-state index in [2.05, 4.69) is 53.7 Å². The van der Waals surface area contributed by atoms with Gasteiger partial charge in [0.05, 0.1) is 6.10 Å². The third kappa shape index (κ3) is 10.8. The number of rotatable bonds is 10. The van der Waals surface area contributed by atoms with Crippen LogP contribution in [0.25, 0.3) is 0 Å². The second-order valence-electron chi connectivity index (χ2n) is 5.86. The molecule has 0 spiro atoms. The molecule has 0 aromatic heterocycles. The van der Waals surface area contributed by atoms with Gasteiger partial charge in [-0.1, -0.05) is 30.3 Å². The van der Waals surface area contributed by atoms with E-state index in [1.807, 2.05) is 18.2 Å². The van der Waals surface area contributed by atoms with Crippen molar-refractivity contribution in [3.8, 4) is 0 Å². The molecule has 5 nitrogen and oxygen atoms in total. The van der Waals surface area contributed by atoms with Crippen LogP contribution in [0.3, 0.4) is 0 Å². The smallest absolute Gasteiger partial charge is 0.190 e. The second-order valence-corrected chi connectivity index (χ2v) is 5.86. The summed E-state index contributed by atoms with van der Waals surface area (Å²) in [5.74, 6) is 0.861. The third-order valence-electron chi connectivity index (χ3n) is 3.55. The van der Waals surface area contributed by atoms with Crippen LogP contribution in [-0.4, -0.2) is 58.2 Å². The van der Waals surface area contributed by atoms with Crippen LogP contribution in [0.1, 0.15) is 31.4 Å². The van der Waals surface area contributed by atoms with Gasteiger partial charge in [0.25, 0.3) is 0 Å². The summed E-state index contributed by atoms with van der Waals surface area (Å²) < 4.78 is 5.86. The number of aliphatic imine (C=N–C) groups is 1. The first-order chi connectivity index (χ1) is 11.1. The second kappa shape index (κ2) is 14.5. The molecule has 0 saturated heterocycles. The van der Waals surface area contributed by atoms with Crippen molar-refractivity contribution in [3.05, 3.63) is 35.9 Å². The molecule has 0 aliphatic carbocycles. The van der Waals surface area contributed by atoms with Crippen LogP contribution in [0, 0.1) is 0 Å². The van der Waals surface area contributed by atoms with E-state index in [9.17, 15) is 0 Å². The SMILES string of the molecule is CN=C(NCCCOC(C)c1ccccc1)NCCCN(C)C.I. The van der Waals surface area contributed by atoms with E-state index in [0.29, 0.717) is 0 Å². The fourth-order valence-electron chi connectivity index (χ4n) is 2.18. The van der Waals surface area contributed by atoms with Crippen LogP contribution in [-0.2, 0) is 4.74 Å². The van der Waals surface area contributed by atoms with Crippen molar-refractivity contribution in [3.63, 3.8) is 0 Å². The van der Waals surface area contributed by atoms with E-state index >= 15 is 0 Å². The maximum atomic E-state index is 5.86. The number of hydrogen-bond donors (Lipinski definition) is 2. The lowest BCUT2D eigenvalue weighted by Gasteiger charge is -2.15. The van der Waals surface area contributed by atoms with Crippen molar-refractivity contribution in [2.75, 3.05) is 47.4 Å². The molecule has 2 N–H and O–H groups in total. The minimum Gasteiger partial charge on any atom is -0.374 e. The average Bonchev–Trinajstić information content (AvgIpc) is 2.56. The maximum absolute atomic E-state index is 5.86. The molecule has 0 amide bonds. The molecule has 0 aliphatic heterocycles. The summed E-state index contributed by atoms with van der Waals surface area (Å²) in [6.45, 7) is 5.69. The largest absolute Gasteiger partial charge is 0.374 e. The van der Waals surface area contributed by atoms with Gasteiger partial charge in [-0.05, 0) is 46.0 Å². The number of ether oxygens (including phenoxy) is 1. The lowest BCUT2D eigenvalue weighted by molar-refractivity contribution is 0.0646. The standard InChI is InChI=1S/C18H32N4O.HI/c1-16(17-10-6-5-7-11-17)23-15-9-13-21-18(19-2)20-12-8-14-22(3)4;/h5-7,10-11,16H,8-9,12-15H2,1-4H3,(H2,19,20,21);1H. The highest BCUT2D eigenvalue weighted by Gasteiger charge is 2.04. The molecule has 24 heavy (non-hydrogen) atoms. The van der Waals surface area contributed by atoms with Crippen LogP contribution < -0.4 is 10.6 Å². The average molecular weight is 448 g/mol. The lowest BCUT2D eigenvalue weighted by Crippen LogP contribution is -2.39. The number of guanidine groups is 1. The van der Waals surface area contributed by atoms with E-state index in [4.69, 9.17) is 4.74 Å². The molecule has 0 aliphatic rings. The van der Waals surface area contributed by atoms with Gasteiger partial charge >= 0.3 is 0 Å². The summed E-state index contributed by atoms with van der Waals surface area (Å²) in [5.41, 5.74) is 1.22. The van der Waals surface area contributed by atoms with Crippen molar-refractivity contribution in [2.45, 2.75) is 25.9 Å². The monoisotopic (exact) mass is 448 g/mol. The Hall–Kier alpha value is -0.860. The fourth-order valence-corrected chi connectivity index (χ4v) is 2.18. The highest BCUT2D eigenvalue weighted by molar-refractivity contribution is 14.0. The minimum absolute atomic E-state index is 0. The van der Waals surface area contributed by atoms with Gasteiger partial charge in [0.15, 0.2) is 5.96 Å². The summed E-state index contributed by atoms with van der Waals surface area (Å²) in [4.78, 5) is 6.41. The first-order valence-electron chi connectivity index (χ1n) is 8.39. The van der Waals surface area contributed by atoms with Gasteiger partial charge in [0.2, 0.25) is 0 Å². The number of hydrogen-bond acceptors (Lipinski definition) is 3. The lowest BCUT2D eigenvalue weighted by atomic mass is 10.1. The van der Waals surface area contributed by atoms with E-state index in [0.717, 1.165) is 45.0 Å². The predicted octanol–water partition coefficient (Wildman–Crippen LogP) is 2.89.